The van der Waals surface area contributed by atoms with E-state index in [1.54, 1.807) is 6.07 Å². The second-order valence-electron chi connectivity index (χ2n) is 7.70. The van der Waals surface area contributed by atoms with E-state index in [4.69, 9.17) is 4.98 Å². The van der Waals surface area contributed by atoms with Gasteiger partial charge in [0.25, 0.3) is 5.56 Å². The van der Waals surface area contributed by atoms with E-state index in [-0.39, 0.29) is 30.0 Å². The molecule has 1 aliphatic heterocycles. The number of fused-ring (bicyclic) bond motifs is 2. The van der Waals surface area contributed by atoms with E-state index in [0.29, 0.717) is 17.5 Å². The predicted octanol–water partition coefficient (Wildman–Crippen LogP) is 2.53. The maximum absolute atomic E-state index is 12.9. The number of carbonyl (C=O) groups is 1. The minimum absolute atomic E-state index is 0.0851. The van der Waals surface area contributed by atoms with Crippen molar-refractivity contribution in [3.8, 4) is 11.5 Å². The molecule has 2 aromatic carbocycles. The number of rotatable bonds is 4. The number of nitrogens with one attached hydrogen (secondary N) is 2. The molecule has 7 heteroatoms. The summed E-state index contributed by atoms with van der Waals surface area (Å²) in [7, 11) is 0. The Morgan fingerprint density at radius 1 is 1.17 bits per heavy atom. The molecule has 30 heavy (non-hydrogen) atoms. The molecular formula is C23H22N4O3. The molecular weight excluding hydrogens is 380 g/mol. The quantitative estimate of drug-likeness (QED) is 0.488. The summed E-state index contributed by atoms with van der Waals surface area (Å²) in [6, 6.07) is 15.1. The molecule has 4 aromatic rings. The van der Waals surface area contributed by atoms with Gasteiger partial charge in [-0.3, -0.25) is 9.59 Å². The Bertz CT molecular complexity index is 1340. The molecule has 7 nitrogen and oxygen atoms in total. The summed E-state index contributed by atoms with van der Waals surface area (Å²) in [4.78, 5) is 32.9. The third-order valence-corrected chi connectivity index (χ3v) is 5.89. The molecule has 3 heterocycles. The smallest absolute Gasteiger partial charge is 0.256 e. The second kappa shape index (κ2) is 7.11. The molecule has 2 atom stereocenters. The highest BCUT2D eigenvalue weighted by molar-refractivity contribution is 5.90. The van der Waals surface area contributed by atoms with Crippen molar-refractivity contribution in [2.24, 2.45) is 0 Å². The molecule has 0 aliphatic carbocycles. The van der Waals surface area contributed by atoms with Gasteiger partial charge in [-0.25, -0.2) is 4.98 Å². The number of aromatic amines is 1. The van der Waals surface area contributed by atoms with Crippen LogP contribution in [0.2, 0.25) is 0 Å². The molecule has 1 saturated heterocycles. The van der Waals surface area contributed by atoms with Crippen LogP contribution in [-0.2, 0) is 11.3 Å². The van der Waals surface area contributed by atoms with Gasteiger partial charge in [0.2, 0.25) is 5.91 Å². The lowest BCUT2D eigenvalue weighted by Crippen LogP contribution is -2.28. The van der Waals surface area contributed by atoms with Crippen molar-refractivity contribution in [2.75, 3.05) is 6.61 Å². The Kier molecular flexibility index (Phi) is 4.40. The van der Waals surface area contributed by atoms with Gasteiger partial charge in [-0.1, -0.05) is 24.3 Å². The molecule has 1 unspecified atom stereocenters. The van der Waals surface area contributed by atoms with Crippen molar-refractivity contribution in [3.05, 3.63) is 64.4 Å². The van der Waals surface area contributed by atoms with E-state index >= 15 is 0 Å². The number of hydrogen-bond donors (Lipinski definition) is 3. The molecule has 0 radical (unpaired) electrons. The largest absolute Gasteiger partial charge is 0.394 e. The first-order chi connectivity index (χ1) is 14.6. The highest BCUT2D eigenvalue weighted by atomic mass is 16.3. The van der Waals surface area contributed by atoms with Gasteiger partial charge in [-0.2, -0.15) is 0 Å². The predicted molar refractivity (Wildman–Crippen MR) is 115 cm³/mol. The third-order valence-electron chi connectivity index (χ3n) is 5.89. The molecule has 0 spiro atoms. The van der Waals surface area contributed by atoms with E-state index in [1.165, 1.54) is 0 Å². The van der Waals surface area contributed by atoms with Crippen LogP contribution < -0.4 is 10.9 Å². The van der Waals surface area contributed by atoms with Crippen molar-refractivity contribution in [2.45, 2.75) is 31.8 Å². The Balaban J connectivity index is 1.61. The van der Waals surface area contributed by atoms with E-state index in [9.17, 15) is 14.7 Å². The van der Waals surface area contributed by atoms with Gasteiger partial charge in [0.05, 0.1) is 35.3 Å². The third kappa shape index (κ3) is 2.90. The van der Waals surface area contributed by atoms with Crippen molar-refractivity contribution < 1.29 is 9.90 Å². The van der Waals surface area contributed by atoms with Gasteiger partial charge in [0, 0.05) is 11.9 Å². The molecule has 2 aromatic heterocycles. The molecule has 152 valence electrons. The molecule has 1 fully saturated rings. The Hall–Kier alpha value is -3.45. The van der Waals surface area contributed by atoms with E-state index in [0.717, 1.165) is 34.4 Å². The number of aliphatic hydroxyl groups excluding tert-OH is 1. The zero-order valence-corrected chi connectivity index (χ0v) is 16.6. The normalized spacial score (nSPS) is 18.9. The first-order valence-electron chi connectivity index (χ1n) is 10.1. The summed E-state index contributed by atoms with van der Waals surface area (Å²) in [5, 5.41) is 13.4. The molecule has 1 amide bonds. The number of para-hydroxylation sites is 2. The monoisotopic (exact) mass is 402 g/mol. The minimum atomic E-state index is -0.352. The van der Waals surface area contributed by atoms with Gasteiger partial charge in [-0.15, -0.1) is 0 Å². The number of benzene rings is 2. The van der Waals surface area contributed by atoms with Gasteiger partial charge < -0.3 is 20.0 Å². The fourth-order valence-electron chi connectivity index (χ4n) is 4.38. The summed E-state index contributed by atoms with van der Waals surface area (Å²) >= 11 is 0. The van der Waals surface area contributed by atoms with Crippen LogP contribution in [0.1, 0.15) is 24.8 Å². The summed E-state index contributed by atoms with van der Waals surface area (Å²) in [6.45, 7) is 2.70. The van der Waals surface area contributed by atoms with Crippen LogP contribution in [0, 0.1) is 0 Å². The molecule has 0 bridgehead atoms. The number of aliphatic hydroxyl groups is 1. The maximum atomic E-state index is 12.9. The average Bonchev–Trinajstić information content (AvgIpc) is 3.33. The molecule has 1 aliphatic rings. The van der Waals surface area contributed by atoms with Crippen LogP contribution in [0.25, 0.3) is 33.3 Å². The number of imidazole rings is 1. The summed E-state index contributed by atoms with van der Waals surface area (Å²) in [5.74, 6) is 0.260. The number of hydrogen-bond acceptors (Lipinski definition) is 4. The van der Waals surface area contributed by atoms with Crippen LogP contribution in [0.5, 0.6) is 0 Å². The van der Waals surface area contributed by atoms with Crippen molar-refractivity contribution in [1.29, 1.82) is 0 Å². The number of aromatic nitrogens is 3. The SMILES string of the molecule is CCn1c(-c2cc3ccc([C@H]4CC(CO)NC4=O)cc3c(=O)[nH]2)nc2ccccc21. The summed E-state index contributed by atoms with van der Waals surface area (Å²) in [6.07, 6.45) is 0.525. The summed E-state index contributed by atoms with van der Waals surface area (Å²) in [5.41, 5.74) is 3.15. The maximum Gasteiger partial charge on any atom is 0.256 e. The molecule has 3 N–H and O–H groups in total. The zero-order valence-electron chi connectivity index (χ0n) is 16.6. The van der Waals surface area contributed by atoms with Crippen LogP contribution in [0.4, 0.5) is 0 Å². The number of amides is 1. The number of pyridine rings is 1. The number of aryl methyl sites for hydroxylation is 1. The number of carbonyl (C=O) groups excluding carboxylic acids is 1. The van der Waals surface area contributed by atoms with Gasteiger partial charge in [0.1, 0.15) is 0 Å². The second-order valence-corrected chi connectivity index (χ2v) is 7.70. The minimum Gasteiger partial charge on any atom is -0.394 e. The van der Waals surface area contributed by atoms with Crippen LogP contribution >= 0.6 is 0 Å². The average molecular weight is 402 g/mol. The van der Waals surface area contributed by atoms with Gasteiger partial charge >= 0.3 is 0 Å². The molecule has 0 saturated carbocycles. The number of nitrogens with zero attached hydrogens (tertiary/aromatic N) is 2. The Labute approximate surface area is 172 Å². The lowest BCUT2D eigenvalue weighted by Gasteiger charge is -2.10. The number of H-pyrrole nitrogens is 1. The van der Waals surface area contributed by atoms with Crippen LogP contribution in [-0.4, -0.2) is 38.2 Å². The van der Waals surface area contributed by atoms with Crippen LogP contribution in [0.15, 0.2) is 53.3 Å². The highest BCUT2D eigenvalue weighted by Gasteiger charge is 2.32. The topological polar surface area (TPSA) is 100 Å². The van der Waals surface area contributed by atoms with E-state index in [2.05, 4.69) is 21.8 Å². The Morgan fingerprint density at radius 2 is 2.00 bits per heavy atom. The van der Waals surface area contributed by atoms with Crippen molar-refractivity contribution in [1.82, 2.24) is 19.9 Å². The van der Waals surface area contributed by atoms with E-state index in [1.807, 2.05) is 42.5 Å². The molecule has 5 rings (SSSR count). The first kappa shape index (κ1) is 18.6. The van der Waals surface area contributed by atoms with Crippen molar-refractivity contribution >= 4 is 27.7 Å². The first-order valence-corrected chi connectivity index (χ1v) is 10.1. The van der Waals surface area contributed by atoms with Crippen LogP contribution in [0.3, 0.4) is 0 Å². The fourth-order valence-corrected chi connectivity index (χ4v) is 4.38. The standard InChI is InChI=1S/C23H22N4O3/c1-2-27-20-6-4-3-5-18(20)25-21(27)19-10-14-8-7-13(9-16(14)23(30)26-19)17-11-15(12-28)24-22(17)29/h3-10,15,17,28H,2,11-12H2,1H3,(H,24,29)(H,26,30)/t15?,17-/m1/s1. The lowest BCUT2D eigenvalue weighted by atomic mass is 9.94. The highest BCUT2D eigenvalue weighted by Crippen LogP contribution is 2.30. The fraction of sp³-hybridized carbons (Fsp3) is 0.261. The summed E-state index contributed by atoms with van der Waals surface area (Å²) < 4.78 is 2.08. The van der Waals surface area contributed by atoms with Gasteiger partial charge in [0.15, 0.2) is 5.82 Å². The van der Waals surface area contributed by atoms with Gasteiger partial charge in [-0.05, 0) is 48.6 Å². The van der Waals surface area contributed by atoms with Crippen molar-refractivity contribution in [3.63, 3.8) is 0 Å². The van der Waals surface area contributed by atoms with E-state index < -0.39 is 0 Å². The lowest BCUT2D eigenvalue weighted by molar-refractivity contribution is -0.120. The zero-order chi connectivity index (χ0) is 20.8. The Morgan fingerprint density at radius 3 is 2.77 bits per heavy atom.